The fourth-order valence-electron chi connectivity index (χ4n) is 5.20. The summed E-state index contributed by atoms with van der Waals surface area (Å²) >= 11 is 0. The summed E-state index contributed by atoms with van der Waals surface area (Å²) in [7, 11) is 0. The molecule has 0 spiro atoms. The van der Waals surface area contributed by atoms with Gasteiger partial charge in [-0.1, -0.05) is 24.3 Å². The van der Waals surface area contributed by atoms with Crippen LogP contribution < -0.4 is 14.9 Å². The normalized spacial score (nSPS) is 15.6. The predicted octanol–water partition coefficient (Wildman–Crippen LogP) is 4.51. The van der Waals surface area contributed by atoms with Crippen molar-refractivity contribution >= 4 is 22.8 Å². The number of carbonyl (C=O) groups is 2. The summed E-state index contributed by atoms with van der Waals surface area (Å²) in [5.74, 6) is -0.134. The van der Waals surface area contributed by atoms with Crippen LogP contribution >= 0.6 is 0 Å². The molecule has 1 atom stereocenters. The first-order valence-electron chi connectivity index (χ1n) is 13.8. The maximum Gasteiger partial charge on any atom is 0.254 e. The second-order valence-corrected chi connectivity index (χ2v) is 10.4. The Bertz CT molecular complexity index is 1660. The average Bonchev–Trinajstić information content (AvgIpc) is 3.70. The number of rotatable bonds is 9. The average molecular weight is 573 g/mol. The van der Waals surface area contributed by atoms with Gasteiger partial charge in [-0.3, -0.25) is 14.4 Å². The van der Waals surface area contributed by atoms with Crippen LogP contribution in [0.15, 0.2) is 82.2 Å². The third kappa shape index (κ3) is 5.99. The smallest absolute Gasteiger partial charge is 0.254 e. The molecule has 216 valence electrons. The van der Waals surface area contributed by atoms with Crippen LogP contribution in [0.5, 0.6) is 11.5 Å². The van der Waals surface area contributed by atoms with Crippen LogP contribution in [0.25, 0.3) is 11.0 Å². The van der Waals surface area contributed by atoms with Crippen LogP contribution in [0, 0.1) is 5.82 Å². The van der Waals surface area contributed by atoms with Crippen molar-refractivity contribution in [3.05, 3.63) is 106 Å². The van der Waals surface area contributed by atoms with Crippen molar-refractivity contribution in [2.45, 2.75) is 32.0 Å². The van der Waals surface area contributed by atoms with E-state index in [0.29, 0.717) is 40.2 Å². The number of benzene rings is 3. The third-order valence-electron chi connectivity index (χ3n) is 7.43. The summed E-state index contributed by atoms with van der Waals surface area (Å²) in [5.41, 5.74) is 1.51. The second-order valence-electron chi connectivity index (χ2n) is 10.4. The van der Waals surface area contributed by atoms with Gasteiger partial charge in [0.25, 0.3) is 5.91 Å². The number of para-hydroxylation sites is 1. The van der Waals surface area contributed by atoms with Crippen LogP contribution in [-0.2, 0) is 22.6 Å². The quantitative estimate of drug-likeness (QED) is 0.291. The van der Waals surface area contributed by atoms with Crippen LogP contribution in [0.4, 0.5) is 4.39 Å². The second kappa shape index (κ2) is 12.0. The van der Waals surface area contributed by atoms with Crippen molar-refractivity contribution < 1.29 is 32.6 Å². The summed E-state index contributed by atoms with van der Waals surface area (Å²) in [4.78, 5) is 43.9. The van der Waals surface area contributed by atoms with Gasteiger partial charge in [0.2, 0.25) is 12.7 Å². The van der Waals surface area contributed by atoms with E-state index in [2.05, 4.69) is 0 Å². The van der Waals surface area contributed by atoms with Gasteiger partial charge in [0.05, 0.1) is 29.9 Å². The zero-order valence-electron chi connectivity index (χ0n) is 22.8. The van der Waals surface area contributed by atoms with Crippen molar-refractivity contribution in [3.63, 3.8) is 0 Å². The van der Waals surface area contributed by atoms with Gasteiger partial charge in [-0.15, -0.1) is 0 Å². The highest BCUT2D eigenvalue weighted by Gasteiger charge is 2.29. The topological polar surface area (TPSA) is 98.5 Å². The van der Waals surface area contributed by atoms with Crippen molar-refractivity contribution in [2.24, 2.45) is 0 Å². The van der Waals surface area contributed by atoms with E-state index in [1.54, 1.807) is 54.6 Å². The van der Waals surface area contributed by atoms with Gasteiger partial charge in [-0.2, -0.15) is 0 Å². The minimum atomic E-state index is -0.399. The van der Waals surface area contributed by atoms with E-state index in [0.717, 1.165) is 12.8 Å². The van der Waals surface area contributed by atoms with Crippen molar-refractivity contribution in [2.75, 3.05) is 26.5 Å². The highest BCUT2D eigenvalue weighted by atomic mass is 19.1. The first kappa shape index (κ1) is 27.5. The number of fused-ring (bicyclic) bond motifs is 2. The Morgan fingerprint density at radius 3 is 2.55 bits per heavy atom. The Hall–Kier alpha value is -4.70. The number of halogens is 1. The highest BCUT2D eigenvalue weighted by molar-refractivity contribution is 5.97. The van der Waals surface area contributed by atoms with Gasteiger partial charge in [0, 0.05) is 25.3 Å². The largest absolute Gasteiger partial charge is 0.464 e. The molecule has 1 aromatic heterocycles. The van der Waals surface area contributed by atoms with Crippen LogP contribution in [0.3, 0.4) is 0 Å². The summed E-state index contributed by atoms with van der Waals surface area (Å²) in [6.07, 6.45) is 2.81. The Kier molecular flexibility index (Phi) is 7.87. The predicted molar refractivity (Wildman–Crippen MR) is 151 cm³/mol. The molecular weight excluding hydrogens is 543 g/mol. The van der Waals surface area contributed by atoms with Gasteiger partial charge < -0.3 is 28.4 Å². The van der Waals surface area contributed by atoms with Gasteiger partial charge >= 0.3 is 0 Å². The van der Waals surface area contributed by atoms with Gasteiger partial charge in [0.1, 0.15) is 17.9 Å². The molecule has 1 saturated heterocycles. The molecule has 6 rings (SSSR count). The summed E-state index contributed by atoms with van der Waals surface area (Å²) in [6.45, 7) is 0.673. The summed E-state index contributed by atoms with van der Waals surface area (Å²) in [5, 5.41) is 0.405. The van der Waals surface area contributed by atoms with Crippen molar-refractivity contribution in [1.29, 1.82) is 0 Å². The summed E-state index contributed by atoms with van der Waals surface area (Å²) < 4.78 is 35.9. The van der Waals surface area contributed by atoms with Gasteiger partial charge in [0.15, 0.2) is 16.9 Å². The number of amides is 2. The molecule has 0 aliphatic carbocycles. The Labute approximate surface area is 241 Å². The van der Waals surface area contributed by atoms with E-state index in [1.807, 2.05) is 0 Å². The number of hydrogen-bond donors (Lipinski definition) is 0. The van der Waals surface area contributed by atoms with E-state index in [9.17, 15) is 18.8 Å². The zero-order chi connectivity index (χ0) is 29.1. The molecule has 2 aliphatic heterocycles. The van der Waals surface area contributed by atoms with E-state index < -0.39 is 5.82 Å². The lowest BCUT2D eigenvalue weighted by Gasteiger charge is -2.29. The van der Waals surface area contributed by atoms with Crippen molar-refractivity contribution in [3.8, 4) is 11.5 Å². The maximum atomic E-state index is 13.9. The molecule has 0 unspecified atom stereocenters. The van der Waals surface area contributed by atoms with Gasteiger partial charge in [-0.25, -0.2) is 4.39 Å². The maximum absolute atomic E-state index is 13.9. The molecule has 3 aromatic carbocycles. The molecule has 3 heterocycles. The van der Waals surface area contributed by atoms with E-state index in [4.69, 9.17) is 18.6 Å². The van der Waals surface area contributed by atoms with Crippen LogP contribution in [0.1, 0.15) is 34.3 Å². The molecule has 0 radical (unpaired) electrons. The standard InChI is InChI=1S/C32H29FN2O7/c33-24-10-7-21(8-11-24)15-34(16-23-19-40-27-6-2-1-5-26(27)31(23)37)30(36)18-35(17-25-4-3-13-39-25)32(38)22-9-12-28-29(14-22)42-20-41-28/h1-2,5-12,14,19,25H,3-4,13,15-18,20H2/t25-/m1/s1. The lowest BCUT2D eigenvalue weighted by atomic mass is 10.1. The van der Waals surface area contributed by atoms with Crippen molar-refractivity contribution in [1.82, 2.24) is 9.80 Å². The number of nitrogens with zero attached hydrogens (tertiary/aromatic N) is 2. The molecule has 9 nitrogen and oxygen atoms in total. The number of hydrogen-bond acceptors (Lipinski definition) is 7. The number of ether oxygens (including phenoxy) is 3. The number of carbonyl (C=O) groups excluding carboxylic acids is 2. The minimum Gasteiger partial charge on any atom is -0.464 e. The Balaban J connectivity index is 1.29. The fourth-order valence-corrected chi connectivity index (χ4v) is 5.20. The fraction of sp³-hybridized carbons (Fsp3) is 0.281. The molecule has 0 bridgehead atoms. The molecule has 10 heteroatoms. The molecule has 42 heavy (non-hydrogen) atoms. The molecule has 0 N–H and O–H groups in total. The lowest BCUT2D eigenvalue weighted by molar-refractivity contribution is -0.133. The first-order valence-corrected chi connectivity index (χ1v) is 13.8. The first-order chi connectivity index (χ1) is 20.4. The van der Waals surface area contributed by atoms with Crippen LogP contribution in [-0.4, -0.2) is 54.2 Å². The minimum absolute atomic E-state index is 0.0602. The molecule has 1 fully saturated rings. The SMILES string of the molecule is O=C(CN(C[C@H]1CCCO1)C(=O)c1ccc2c(c1)OCO2)N(Cc1ccc(F)cc1)Cc1coc2ccccc2c1=O. The highest BCUT2D eigenvalue weighted by Crippen LogP contribution is 2.33. The monoisotopic (exact) mass is 572 g/mol. The Morgan fingerprint density at radius 1 is 0.929 bits per heavy atom. The third-order valence-corrected chi connectivity index (χ3v) is 7.43. The summed E-state index contributed by atoms with van der Waals surface area (Å²) in [6, 6.07) is 17.6. The lowest BCUT2D eigenvalue weighted by Crippen LogP contribution is -2.45. The molecular formula is C32H29FN2O7. The molecule has 2 amide bonds. The van der Waals surface area contributed by atoms with E-state index in [-0.39, 0.29) is 61.9 Å². The van der Waals surface area contributed by atoms with Gasteiger partial charge in [-0.05, 0) is 60.9 Å². The van der Waals surface area contributed by atoms with E-state index in [1.165, 1.54) is 28.2 Å². The van der Waals surface area contributed by atoms with Crippen LogP contribution in [0.2, 0.25) is 0 Å². The molecule has 0 saturated carbocycles. The molecule has 4 aromatic rings. The zero-order valence-corrected chi connectivity index (χ0v) is 22.8. The Morgan fingerprint density at radius 2 is 1.74 bits per heavy atom. The van der Waals surface area contributed by atoms with E-state index >= 15 is 0 Å². The molecule has 2 aliphatic rings.